The number of benzene rings is 1. The molecule has 0 saturated heterocycles. The van der Waals surface area contributed by atoms with Gasteiger partial charge in [0.2, 0.25) is 5.91 Å². The number of hydrogen-bond donors (Lipinski definition) is 2. The molecule has 25 heavy (non-hydrogen) atoms. The summed E-state index contributed by atoms with van der Waals surface area (Å²) >= 11 is 4.75. The lowest BCUT2D eigenvalue weighted by molar-refractivity contribution is -0.141. The van der Waals surface area contributed by atoms with E-state index in [4.69, 9.17) is 0 Å². The second kappa shape index (κ2) is 9.33. The van der Waals surface area contributed by atoms with Crippen molar-refractivity contribution in [3.05, 3.63) is 56.7 Å². The Hall–Kier alpha value is -2.19. The zero-order valence-corrected chi connectivity index (χ0v) is 15.9. The predicted octanol–water partition coefficient (Wildman–Crippen LogP) is 2.66. The van der Waals surface area contributed by atoms with Gasteiger partial charge in [-0.3, -0.25) is 14.4 Å². The average molecular weight is 425 g/mol. The van der Waals surface area contributed by atoms with Crippen LogP contribution in [0.25, 0.3) is 0 Å². The largest absolute Gasteiger partial charge is 0.469 e. The third-order valence-corrected chi connectivity index (χ3v) is 4.61. The summed E-state index contributed by atoms with van der Waals surface area (Å²) in [5.74, 6) is -1.14. The van der Waals surface area contributed by atoms with E-state index in [-0.39, 0.29) is 24.8 Å². The topological polar surface area (TPSA) is 84.5 Å². The predicted molar refractivity (Wildman–Crippen MR) is 98.3 cm³/mol. The van der Waals surface area contributed by atoms with E-state index >= 15 is 0 Å². The summed E-state index contributed by atoms with van der Waals surface area (Å²) in [6.45, 7) is -0.178. The number of rotatable bonds is 7. The maximum Gasteiger partial charge on any atom is 0.307 e. The minimum Gasteiger partial charge on any atom is -0.469 e. The van der Waals surface area contributed by atoms with E-state index in [0.29, 0.717) is 5.56 Å². The van der Waals surface area contributed by atoms with Crippen LogP contribution in [-0.4, -0.2) is 31.4 Å². The van der Waals surface area contributed by atoms with Gasteiger partial charge in [0.05, 0.1) is 26.1 Å². The number of amides is 2. The molecule has 0 aliphatic heterocycles. The van der Waals surface area contributed by atoms with Crippen LogP contribution in [0.1, 0.15) is 28.4 Å². The van der Waals surface area contributed by atoms with Crippen LogP contribution < -0.4 is 10.6 Å². The Morgan fingerprint density at radius 3 is 2.52 bits per heavy atom. The van der Waals surface area contributed by atoms with E-state index in [1.807, 2.05) is 24.3 Å². The zero-order valence-electron chi connectivity index (χ0n) is 13.5. The van der Waals surface area contributed by atoms with Crippen LogP contribution in [0.2, 0.25) is 0 Å². The molecule has 1 heterocycles. The van der Waals surface area contributed by atoms with Crippen molar-refractivity contribution in [2.75, 3.05) is 13.7 Å². The summed E-state index contributed by atoms with van der Waals surface area (Å²) in [5, 5.41) is 8.79. The van der Waals surface area contributed by atoms with Gasteiger partial charge in [-0.1, -0.05) is 28.1 Å². The normalized spacial score (nSPS) is 11.4. The second-order valence-electron chi connectivity index (χ2n) is 5.15. The van der Waals surface area contributed by atoms with E-state index in [1.165, 1.54) is 18.4 Å². The highest BCUT2D eigenvalue weighted by atomic mass is 79.9. The van der Waals surface area contributed by atoms with Crippen LogP contribution in [0.15, 0.2) is 45.6 Å². The van der Waals surface area contributed by atoms with E-state index < -0.39 is 12.0 Å². The Kier molecular flexibility index (Phi) is 7.15. The molecule has 0 saturated carbocycles. The third kappa shape index (κ3) is 5.99. The molecule has 1 atom stereocenters. The van der Waals surface area contributed by atoms with Crippen molar-refractivity contribution in [3.63, 3.8) is 0 Å². The maximum absolute atomic E-state index is 12.2. The molecule has 0 radical (unpaired) electrons. The van der Waals surface area contributed by atoms with Gasteiger partial charge in [-0.2, -0.15) is 11.3 Å². The van der Waals surface area contributed by atoms with Gasteiger partial charge in [0.1, 0.15) is 0 Å². The molecule has 1 aromatic carbocycles. The van der Waals surface area contributed by atoms with Crippen molar-refractivity contribution in [3.8, 4) is 0 Å². The monoisotopic (exact) mass is 424 g/mol. The molecule has 2 rings (SSSR count). The molecule has 0 bridgehead atoms. The Balaban J connectivity index is 1.97. The van der Waals surface area contributed by atoms with Gasteiger partial charge in [0, 0.05) is 15.4 Å². The van der Waals surface area contributed by atoms with Crippen LogP contribution >= 0.6 is 27.3 Å². The molecule has 0 aliphatic rings. The second-order valence-corrected chi connectivity index (χ2v) is 6.84. The Bertz CT molecular complexity index is 732. The summed E-state index contributed by atoms with van der Waals surface area (Å²) < 4.78 is 5.58. The molecular weight excluding hydrogens is 408 g/mol. The number of carbonyl (C=O) groups excluding carboxylic acids is 3. The molecule has 2 aromatic rings. The first-order valence-electron chi connectivity index (χ1n) is 7.41. The van der Waals surface area contributed by atoms with Crippen LogP contribution in [0.3, 0.4) is 0 Å². The lowest BCUT2D eigenvalue weighted by Gasteiger charge is -2.18. The highest BCUT2D eigenvalue weighted by molar-refractivity contribution is 9.10. The van der Waals surface area contributed by atoms with Gasteiger partial charge in [-0.05, 0) is 29.1 Å². The van der Waals surface area contributed by atoms with Crippen LogP contribution in [-0.2, 0) is 14.3 Å². The van der Waals surface area contributed by atoms with Crippen LogP contribution in [0, 0.1) is 0 Å². The lowest BCUT2D eigenvalue weighted by Crippen LogP contribution is -2.39. The fourth-order valence-corrected chi connectivity index (χ4v) is 3.00. The van der Waals surface area contributed by atoms with Gasteiger partial charge >= 0.3 is 5.97 Å². The SMILES string of the molecule is COC(=O)CC(NC(=O)CNC(=O)c1ccsc1)c1ccc(Br)cc1. The lowest BCUT2D eigenvalue weighted by atomic mass is 10.0. The smallest absolute Gasteiger partial charge is 0.307 e. The van der Waals surface area contributed by atoms with Crippen molar-refractivity contribution < 1.29 is 19.1 Å². The fraction of sp³-hybridized carbons (Fsp3) is 0.235. The van der Waals surface area contributed by atoms with Crippen molar-refractivity contribution in [1.29, 1.82) is 0 Å². The maximum atomic E-state index is 12.2. The number of esters is 1. The van der Waals surface area contributed by atoms with Crippen LogP contribution in [0.5, 0.6) is 0 Å². The number of ether oxygens (including phenoxy) is 1. The van der Waals surface area contributed by atoms with Gasteiger partial charge in [0.15, 0.2) is 0 Å². The first-order valence-corrected chi connectivity index (χ1v) is 9.15. The molecule has 0 spiro atoms. The van der Waals surface area contributed by atoms with E-state index in [2.05, 4.69) is 31.3 Å². The van der Waals surface area contributed by atoms with Crippen molar-refractivity contribution in [2.24, 2.45) is 0 Å². The van der Waals surface area contributed by atoms with E-state index in [1.54, 1.807) is 16.8 Å². The molecular formula is C17H17BrN2O4S. The highest BCUT2D eigenvalue weighted by Crippen LogP contribution is 2.20. The van der Waals surface area contributed by atoms with Gasteiger partial charge in [0.25, 0.3) is 5.91 Å². The first kappa shape index (κ1) is 19.1. The highest BCUT2D eigenvalue weighted by Gasteiger charge is 2.19. The Morgan fingerprint density at radius 2 is 1.92 bits per heavy atom. The Morgan fingerprint density at radius 1 is 1.20 bits per heavy atom. The van der Waals surface area contributed by atoms with Crippen molar-refractivity contribution >= 4 is 45.1 Å². The first-order chi connectivity index (χ1) is 12.0. The summed E-state index contributed by atoms with van der Waals surface area (Å²) in [6.07, 6.45) is 0.00233. The number of carbonyl (C=O) groups is 3. The molecule has 0 aliphatic carbocycles. The molecule has 0 fully saturated rings. The minimum absolute atomic E-state index is 0.00233. The van der Waals surface area contributed by atoms with Gasteiger partial charge in [-0.15, -0.1) is 0 Å². The third-order valence-electron chi connectivity index (χ3n) is 3.40. The van der Waals surface area contributed by atoms with Crippen molar-refractivity contribution in [1.82, 2.24) is 10.6 Å². The number of hydrogen-bond acceptors (Lipinski definition) is 5. The minimum atomic E-state index is -0.536. The number of halogens is 1. The summed E-state index contributed by atoms with van der Waals surface area (Å²) in [5.41, 5.74) is 1.28. The molecule has 6 nitrogen and oxygen atoms in total. The van der Waals surface area contributed by atoms with Gasteiger partial charge in [-0.25, -0.2) is 0 Å². The van der Waals surface area contributed by atoms with E-state index in [9.17, 15) is 14.4 Å². The number of thiophene rings is 1. The standard InChI is InChI=1S/C17H17BrN2O4S/c1-24-16(22)8-14(11-2-4-13(18)5-3-11)20-15(21)9-19-17(23)12-6-7-25-10-12/h2-7,10,14H,8-9H2,1H3,(H,19,23)(H,20,21). The quantitative estimate of drug-likeness (QED) is 0.669. The number of methoxy groups -OCH3 is 1. The summed E-state index contributed by atoms with van der Waals surface area (Å²) in [4.78, 5) is 35.6. The molecule has 2 N–H and O–H groups in total. The van der Waals surface area contributed by atoms with Gasteiger partial charge < -0.3 is 15.4 Å². The molecule has 1 unspecified atom stereocenters. The summed E-state index contributed by atoms with van der Waals surface area (Å²) in [6, 6.07) is 8.41. The molecule has 8 heteroatoms. The molecule has 2 amide bonds. The molecule has 1 aromatic heterocycles. The number of nitrogens with one attached hydrogen (secondary N) is 2. The van der Waals surface area contributed by atoms with Crippen LogP contribution in [0.4, 0.5) is 0 Å². The average Bonchev–Trinajstić information content (AvgIpc) is 3.14. The van der Waals surface area contributed by atoms with E-state index in [0.717, 1.165) is 10.0 Å². The molecule has 132 valence electrons. The summed E-state index contributed by atoms with van der Waals surface area (Å²) in [7, 11) is 1.30. The van der Waals surface area contributed by atoms with Crippen molar-refractivity contribution in [2.45, 2.75) is 12.5 Å². The Labute approximate surface area is 157 Å². The zero-order chi connectivity index (χ0) is 18.2. The fourth-order valence-electron chi connectivity index (χ4n) is 2.10.